The summed E-state index contributed by atoms with van der Waals surface area (Å²) in [5, 5.41) is 3.68. The van der Waals surface area contributed by atoms with Crippen LogP contribution in [0.1, 0.15) is 31.2 Å². The van der Waals surface area contributed by atoms with Gasteiger partial charge in [-0.05, 0) is 71.3 Å². The molecule has 3 rings (SSSR count). The van der Waals surface area contributed by atoms with Crippen molar-refractivity contribution in [3.05, 3.63) is 34.6 Å². The molecule has 1 aromatic rings. The molecule has 0 saturated carbocycles. The van der Waals surface area contributed by atoms with Crippen LogP contribution < -0.4 is 5.32 Å². The summed E-state index contributed by atoms with van der Waals surface area (Å²) in [5.41, 5.74) is 2.73. The first-order chi connectivity index (χ1) is 8.34. The summed E-state index contributed by atoms with van der Waals surface area (Å²) >= 11 is 3.39. The molecule has 1 fully saturated rings. The fraction of sp³-hybridized carbons (Fsp3) is 0.500. The SMILES string of the molecule is Brc1ccc(C2=CCC[C@H]3CCCN[C@@H]23)cn1. The van der Waals surface area contributed by atoms with Crippen LogP contribution in [0, 0.1) is 5.92 Å². The number of halogens is 1. The highest BCUT2D eigenvalue weighted by Gasteiger charge is 2.30. The van der Waals surface area contributed by atoms with E-state index in [1.165, 1.54) is 36.8 Å². The van der Waals surface area contributed by atoms with Gasteiger partial charge >= 0.3 is 0 Å². The monoisotopic (exact) mass is 292 g/mol. The number of pyridine rings is 1. The predicted molar refractivity (Wildman–Crippen MR) is 73.7 cm³/mol. The molecule has 0 unspecified atom stereocenters. The van der Waals surface area contributed by atoms with Gasteiger partial charge in [0.05, 0.1) is 0 Å². The lowest BCUT2D eigenvalue weighted by Gasteiger charge is -2.37. The first-order valence-electron chi connectivity index (χ1n) is 6.40. The van der Waals surface area contributed by atoms with Gasteiger partial charge in [-0.3, -0.25) is 0 Å². The second kappa shape index (κ2) is 4.91. The van der Waals surface area contributed by atoms with E-state index < -0.39 is 0 Å². The summed E-state index contributed by atoms with van der Waals surface area (Å²) < 4.78 is 0.908. The molecule has 3 heteroatoms. The highest BCUT2D eigenvalue weighted by molar-refractivity contribution is 9.10. The summed E-state index contributed by atoms with van der Waals surface area (Å²) in [5.74, 6) is 0.826. The molecular formula is C14H17BrN2. The molecule has 0 radical (unpaired) electrons. The van der Waals surface area contributed by atoms with Crippen LogP contribution in [0.5, 0.6) is 0 Å². The molecule has 0 bridgehead atoms. The molecule has 17 heavy (non-hydrogen) atoms. The highest BCUT2D eigenvalue weighted by atomic mass is 79.9. The van der Waals surface area contributed by atoms with Gasteiger partial charge in [-0.2, -0.15) is 0 Å². The zero-order chi connectivity index (χ0) is 11.7. The molecule has 0 aromatic carbocycles. The molecule has 1 N–H and O–H groups in total. The van der Waals surface area contributed by atoms with E-state index in [0.29, 0.717) is 6.04 Å². The number of allylic oxidation sites excluding steroid dienone is 1. The molecule has 2 heterocycles. The molecule has 2 atom stereocenters. The maximum Gasteiger partial charge on any atom is 0.106 e. The second-order valence-electron chi connectivity index (χ2n) is 4.94. The van der Waals surface area contributed by atoms with Gasteiger partial charge in [0, 0.05) is 12.2 Å². The first-order valence-corrected chi connectivity index (χ1v) is 7.19. The number of fused-ring (bicyclic) bond motifs is 1. The van der Waals surface area contributed by atoms with E-state index >= 15 is 0 Å². The molecule has 90 valence electrons. The quantitative estimate of drug-likeness (QED) is 0.803. The Morgan fingerprint density at radius 3 is 3.06 bits per heavy atom. The van der Waals surface area contributed by atoms with Crippen LogP contribution in [0.2, 0.25) is 0 Å². The van der Waals surface area contributed by atoms with Gasteiger partial charge in [-0.1, -0.05) is 12.1 Å². The maximum atomic E-state index is 4.34. The van der Waals surface area contributed by atoms with Crippen molar-refractivity contribution >= 4 is 21.5 Å². The zero-order valence-corrected chi connectivity index (χ0v) is 11.4. The van der Waals surface area contributed by atoms with Crippen LogP contribution >= 0.6 is 15.9 Å². The standard InChI is InChI=1S/C14H17BrN2/c15-13-7-6-11(9-17-13)12-5-1-3-10-4-2-8-16-14(10)12/h5-7,9-10,14,16H,1-4,8H2/t10-,14+/m0/s1. The van der Waals surface area contributed by atoms with E-state index in [9.17, 15) is 0 Å². The Kier molecular flexibility index (Phi) is 3.30. The number of nitrogens with zero attached hydrogens (tertiary/aromatic N) is 1. The van der Waals surface area contributed by atoms with Crippen LogP contribution in [-0.2, 0) is 0 Å². The third kappa shape index (κ3) is 2.31. The van der Waals surface area contributed by atoms with Gasteiger partial charge in [0.2, 0.25) is 0 Å². The van der Waals surface area contributed by atoms with Crippen molar-refractivity contribution in [1.82, 2.24) is 10.3 Å². The lowest BCUT2D eigenvalue weighted by Crippen LogP contribution is -2.43. The molecule has 1 aliphatic carbocycles. The van der Waals surface area contributed by atoms with Crippen molar-refractivity contribution in [2.24, 2.45) is 5.92 Å². The molecule has 1 saturated heterocycles. The predicted octanol–water partition coefficient (Wildman–Crippen LogP) is 3.39. The Labute approximate surface area is 111 Å². The minimum absolute atomic E-state index is 0.556. The molecule has 2 nitrogen and oxygen atoms in total. The molecular weight excluding hydrogens is 276 g/mol. The second-order valence-corrected chi connectivity index (χ2v) is 5.75. The smallest absolute Gasteiger partial charge is 0.106 e. The summed E-state index contributed by atoms with van der Waals surface area (Å²) in [6.45, 7) is 1.16. The van der Waals surface area contributed by atoms with Gasteiger partial charge in [0.15, 0.2) is 0 Å². The Morgan fingerprint density at radius 1 is 1.29 bits per heavy atom. The minimum Gasteiger partial charge on any atom is -0.310 e. The molecule has 1 aromatic heterocycles. The van der Waals surface area contributed by atoms with Crippen LogP contribution in [0.15, 0.2) is 29.0 Å². The largest absolute Gasteiger partial charge is 0.310 e. The van der Waals surface area contributed by atoms with Crippen molar-refractivity contribution in [2.75, 3.05) is 6.54 Å². The van der Waals surface area contributed by atoms with Crippen LogP contribution in [0.3, 0.4) is 0 Å². The van der Waals surface area contributed by atoms with Crippen molar-refractivity contribution in [1.29, 1.82) is 0 Å². The number of rotatable bonds is 1. The van der Waals surface area contributed by atoms with E-state index in [1.54, 1.807) is 0 Å². The number of hydrogen-bond donors (Lipinski definition) is 1. The average molecular weight is 293 g/mol. The third-order valence-electron chi connectivity index (χ3n) is 3.88. The molecule has 0 spiro atoms. The Morgan fingerprint density at radius 2 is 2.24 bits per heavy atom. The lowest BCUT2D eigenvalue weighted by atomic mass is 9.77. The van der Waals surface area contributed by atoms with E-state index in [2.05, 4.69) is 38.4 Å². The van der Waals surface area contributed by atoms with Crippen LogP contribution in [0.4, 0.5) is 0 Å². The number of aromatic nitrogens is 1. The maximum absolute atomic E-state index is 4.34. The van der Waals surface area contributed by atoms with E-state index in [-0.39, 0.29) is 0 Å². The summed E-state index contributed by atoms with van der Waals surface area (Å²) in [6.07, 6.45) is 9.63. The number of hydrogen-bond acceptors (Lipinski definition) is 2. The van der Waals surface area contributed by atoms with Crippen LogP contribution in [-0.4, -0.2) is 17.6 Å². The molecule has 1 aliphatic heterocycles. The Balaban J connectivity index is 1.90. The molecule has 0 amide bonds. The Hall–Kier alpha value is -0.670. The van der Waals surface area contributed by atoms with Gasteiger partial charge in [0.25, 0.3) is 0 Å². The van der Waals surface area contributed by atoms with Gasteiger partial charge in [0.1, 0.15) is 4.60 Å². The van der Waals surface area contributed by atoms with Crippen molar-refractivity contribution in [2.45, 2.75) is 31.7 Å². The Bertz CT molecular complexity index is 424. The summed E-state index contributed by atoms with van der Waals surface area (Å²) in [4.78, 5) is 4.34. The normalized spacial score (nSPS) is 28.4. The van der Waals surface area contributed by atoms with E-state index in [0.717, 1.165) is 17.1 Å². The van der Waals surface area contributed by atoms with E-state index in [4.69, 9.17) is 0 Å². The average Bonchev–Trinajstić information content (AvgIpc) is 2.39. The lowest BCUT2D eigenvalue weighted by molar-refractivity contribution is 0.304. The number of nitrogens with one attached hydrogen (secondary N) is 1. The zero-order valence-electron chi connectivity index (χ0n) is 9.82. The van der Waals surface area contributed by atoms with Gasteiger partial charge in [-0.15, -0.1) is 0 Å². The molecule has 2 aliphatic rings. The van der Waals surface area contributed by atoms with Crippen molar-refractivity contribution in [3.63, 3.8) is 0 Å². The van der Waals surface area contributed by atoms with Crippen molar-refractivity contribution in [3.8, 4) is 0 Å². The third-order valence-corrected chi connectivity index (χ3v) is 4.35. The van der Waals surface area contributed by atoms with E-state index in [1.807, 2.05) is 12.3 Å². The highest BCUT2D eigenvalue weighted by Crippen LogP contribution is 2.35. The van der Waals surface area contributed by atoms with Gasteiger partial charge < -0.3 is 5.32 Å². The topological polar surface area (TPSA) is 24.9 Å². The number of piperidine rings is 1. The summed E-state index contributed by atoms with van der Waals surface area (Å²) in [7, 11) is 0. The fourth-order valence-electron chi connectivity index (χ4n) is 3.05. The first kappa shape index (κ1) is 11.4. The fourth-order valence-corrected chi connectivity index (χ4v) is 3.29. The minimum atomic E-state index is 0.556. The van der Waals surface area contributed by atoms with Crippen LogP contribution in [0.25, 0.3) is 5.57 Å². The van der Waals surface area contributed by atoms with Gasteiger partial charge in [-0.25, -0.2) is 4.98 Å². The van der Waals surface area contributed by atoms with Crippen molar-refractivity contribution < 1.29 is 0 Å². The summed E-state index contributed by atoms with van der Waals surface area (Å²) in [6, 6.07) is 4.75.